The number of hydrogen-bond donors (Lipinski definition) is 2. The van der Waals surface area contributed by atoms with Gasteiger partial charge in [0.2, 0.25) is 0 Å². The SMILES string of the molecule is O=C(NCC1CCCS1)N1CCC(CO)CC1. The number of nitrogens with one attached hydrogen (secondary N) is 1. The lowest BCUT2D eigenvalue weighted by Gasteiger charge is -2.31. The summed E-state index contributed by atoms with van der Waals surface area (Å²) in [4.78, 5) is 13.8. The number of carbonyl (C=O) groups is 1. The number of rotatable bonds is 3. The van der Waals surface area contributed by atoms with E-state index in [1.807, 2.05) is 16.7 Å². The lowest BCUT2D eigenvalue weighted by Crippen LogP contribution is -2.46. The van der Waals surface area contributed by atoms with Crippen molar-refractivity contribution in [3.8, 4) is 0 Å². The fourth-order valence-electron chi connectivity index (χ4n) is 2.44. The fourth-order valence-corrected chi connectivity index (χ4v) is 3.64. The minimum atomic E-state index is 0.0777. The second-order valence-electron chi connectivity index (χ2n) is 4.93. The van der Waals surface area contributed by atoms with Crippen molar-refractivity contribution in [3.05, 3.63) is 0 Å². The van der Waals surface area contributed by atoms with Gasteiger partial charge in [0, 0.05) is 31.5 Å². The maximum absolute atomic E-state index is 11.9. The van der Waals surface area contributed by atoms with E-state index < -0.39 is 0 Å². The molecule has 2 amide bonds. The van der Waals surface area contributed by atoms with Crippen LogP contribution in [-0.2, 0) is 0 Å². The van der Waals surface area contributed by atoms with Crippen LogP contribution in [-0.4, -0.2) is 53.3 Å². The summed E-state index contributed by atoms with van der Waals surface area (Å²) in [5, 5.41) is 12.7. The number of hydrogen-bond acceptors (Lipinski definition) is 3. The van der Waals surface area contributed by atoms with Crippen LogP contribution in [0.4, 0.5) is 4.79 Å². The Balaban J connectivity index is 1.66. The maximum Gasteiger partial charge on any atom is 0.317 e. The summed E-state index contributed by atoms with van der Waals surface area (Å²) in [7, 11) is 0. The molecule has 2 aliphatic rings. The van der Waals surface area contributed by atoms with Crippen LogP contribution in [0.15, 0.2) is 0 Å². The highest BCUT2D eigenvalue weighted by molar-refractivity contribution is 8.00. The van der Waals surface area contributed by atoms with Crippen molar-refractivity contribution < 1.29 is 9.90 Å². The molecule has 4 nitrogen and oxygen atoms in total. The first-order chi connectivity index (χ1) is 8.29. The number of likely N-dealkylation sites (tertiary alicyclic amines) is 1. The predicted octanol–water partition coefficient (Wildman–Crippen LogP) is 1.30. The standard InChI is InChI=1S/C12H22N2O2S/c15-9-10-3-5-14(6-4-10)12(16)13-8-11-2-1-7-17-11/h10-11,15H,1-9H2,(H,13,16). The van der Waals surface area contributed by atoms with E-state index in [-0.39, 0.29) is 12.6 Å². The minimum absolute atomic E-state index is 0.0777. The van der Waals surface area contributed by atoms with E-state index in [0.717, 1.165) is 32.5 Å². The molecule has 0 aromatic heterocycles. The Morgan fingerprint density at radius 1 is 1.35 bits per heavy atom. The van der Waals surface area contributed by atoms with Crippen molar-refractivity contribution in [2.45, 2.75) is 30.9 Å². The molecule has 1 atom stereocenters. The van der Waals surface area contributed by atoms with Gasteiger partial charge in [0.25, 0.3) is 0 Å². The first-order valence-electron chi connectivity index (χ1n) is 6.55. The van der Waals surface area contributed by atoms with Gasteiger partial charge in [-0.05, 0) is 37.4 Å². The molecule has 2 aliphatic heterocycles. The molecule has 2 rings (SSSR count). The third-order valence-electron chi connectivity index (χ3n) is 3.66. The van der Waals surface area contributed by atoms with Gasteiger partial charge in [-0.25, -0.2) is 4.79 Å². The number of aliphatic hydroxyl groups is 1. The van der Waals surface area contributed by atoms with Crippen LogP contribution >= 0.6 is 11.8 Å². The topological polar surface area (TPSA) is 52.6 Å². The third kappa shape index (κ3) is 3.78. The number of aliphatic hydroxyl groups excluding tert-OH is 1. The molecule has 17 heavy (non-hydrogen) atoms. The summed E-state index contributed by atoms with van der Waals surface area (Å²) in [5.41, 5.74) is 0. The molecule has 0 bridgehead atoms. The highest BCUT2D eigenvalue weighted by atomic mass is 32.2. The van der Waals surface area contributed by atoms with E-state index in [1.165, 1.54) is 18.6 Å². The van der Waals surface area contributed by atoms with E-state index in [0.29, 0.717) is 11.2 Å². The fraction of sp³-hybridized carbons (Fsp3) is 0.917. The molecule has 2 N–H and O–H groups in total. The highest BCUT2D eigenvalue weighted by Crippen LogP contribution is 2.25. The smallest absolute Gasteiger partial charge is 0.317 e. The second kappa shape index (κ2) is 6.50. The van der Waals surface area contributed by atoms with Crippen LogP contribution in [0.25, 0.3) is 0 Å². The zero-order chi connectivity index (χ0) is 12.1. The largest absolute Gasteiger partial charge is 0.396 e. The van der Waals surface area contributed by atoms with Crippen LogP contribution in [0.5, 0.6) is 0 Å². The van der Waals surface area contributed by atoms with Crippen molar-refractivity contribution in [1.82, 2.24) is 10.2 Å². The van der Waals surface area contributed by atoms with Crippen LogP contribution < -0.4 is 5.32 Å². The summed E-state index contributed by atoms with van der Waals surface area (Å²) in [5.74, 6) is 1.63. The van der Waals surface area contributed by atoms with E-state index in [4.69, 9.17) is 5.11 Å². The van der Waals surface area contributed by atoms with Crippen molar-refractivity contribution in [3.63, 3.8) is 0 Å². The van der Waals surface area contributed by atoms with Crippen molar-refractivity contribution in [2.24, 2.45) is 5.92 Å². The Kier molecular flexibility index (Phi) is 4.98. The van der Waals surface area contributed by atoms with Gasteiger partial charge < -0.3 is 15.3 Å². The van der Waals surface area contributed by atoms with Gasteiger partial charge >= 0.3 is 6.03 Å². The second-order valence-corrected chi connectivity index (χ2v) is 6.34. The summed E-state index contributed by atoms with van der Waals surface area (Å²) in [6.07, 6.45) is 4.38. The monoisotopic (exact) mass is 258 g/mol. The zero-order valence-electron chi connectivity index (χ0n) is 10.2. The molecule has 2 fully saturated rings. The Morgan fingerprint density at radius 2 is 2.12 bits per heavy atom. The van der Waals surface area contributed by atoms with Crippen LogP contribution in [0.2, 0.25) is 0 Å². The molecule has 5 heteroatoms. The molecule has 0 spiro atoms. The molecule has 2 heterocycles. The molecule has 0 radical (unpaired) electrons. The van der Waals surface area contributed by atoms with E-state index >= 15 is 0 Å². The average Bonchev–Trinajstić information content (AvgIpc) is 2.89. The Hall–Kier alpha value is -0.420. The van der Waals surface area contributed by atoms with Gasteiger partial charge in [-0.1, -0.05) is 0 Å². The highest BCUT2D eigenvalue weighted by Gasteiger charge is 2.23. The van der Waals surface area contributed by atoms with Gasteiger partial charge in [-0.15, -0.1) is 0 Å². The van der Waals surface area contributed by atoms with Gasteiger partial charge in [0.05, 0.1) is 0 Å². The van der Waals surface area contributed by atoms with Gasteiger partial charge in [-0.3, -0.25) is 0 Å². The van der Waals surface area contributed by atoms with E-state index in [2.05, 4.69) is 5.32 Å². The van der Waals surface area contributed by atoms with E-state index in [9.17, 15) is 4.79 Å². The molecule has 0 saturated carbocycles. The number of piperidine rings is 1. The Labute approximate surface area is 107 Å². The van der Waals surface area contributed by atoms with Crippen molar-refractivity contribution >= 4 is 17.8 Å². The molecular formula is C12H22N2O2S. The number of amides is 2. The van der Waals surface area contributed by atoms with Gasteiger partial charge in [0.15, 0.2) is 0 Å². The van der Waals surface area contributed by atoms with Gasteiger partial charge in [0.1, 0.15) is 0 Å². The van der Waals surface area contributed by atoms with Crippen LogP contribution in [0.3, 0.4) is 0 Å². The number of urea groups is 1. The van der Waals surface area contributed by atoms with Gasteiger partial charge in [-0.2, -0.15) is 11.8 Å². The normalized spacial score (nSPS) is 26.2. The van der Waals surface area contributed by atoms with Crippen LogP contribution in [0, 0.1) is 5.92 Å². The summed E-state index contributed by atoms with van der Waals surface area (Å²) in [6, 6.07) is 0.0777. The number of carbonyl (C=O) groups excluding carboxylic acids is 1. The first-order valence-corrected chi connectivity index (χ1v) is 7.59. The van der Waals surface area contributed by atoms with Crippen LogP contribution in [0.1, 0.15) is 25.7 Å². The third-order valence-corrected chi connectivity index (χ3v) is 5.06. The molecule has 1 unspecified atom stereocenters. The Bertz CT molecular complexity index is 249. The minimum Gasteiger partial charge on any atom is -0.396 e. The van der Waals surface area contributed by atoms with E-state index in [1.54, 1.807) is 0 Å². The molecule has 0 aromatic carbocycles. The summed E-state index contributed by atoms with van der Waals surface area (Å²) >= 11 is 1.97. The maximum atomic E-state index is 11.9. The average molecular weight is 258 g/mol. The zero-order valence-corrected chi connectivity index (χ0v) is 11.0. The quantitative estimate of drug-likeness (QED) is 0.802. The summed E-state index contributed by atoms with van der Waals surface area (Å²) < 4.78 is 0. The molecule has 2 saturated heterocycles. The Morgan fingerprint density at radius 3 is 2.71 bits per heavy atom. The number of nitrogens with zero attached hydrogens (tertiary/aromatic N) is 1. The molecular weight excluding hydrogens is 236 g/mol. The van der Waals surface area contributed by atoms with Crippen molar-refractivity contribution in [2.75, 3.05) is 32.0 Å². The lowest BCUT2D eigenvalue weighted by molar-refractivity contribution is 0.137. The first kappa shape index (κ1) is 13.0. The predicted molar refractivity (Wildman–Crippen MR) is 70.3 cm³/mol. The summed E-state index contributed by atoms with van der Waals surface area (Å²) in [6.45, 7) is 2.64. The molecule has 0 aliphatic carbocycles. The molecule has 0 aromatic rings. The number of thioether (sulfide) groups is 1. The molecule has 98 valence electrons. The van der Waals surface area contributed by atoms with Crippen molar-refractivity contribution in [1.29, 1.82) is 0 Å². The lowest BCUT2D eigenvalue weighted by atomic mass is 9.98.